The zero-order valence-electron chi connectivity index (χ0n) is 20.0. The maximum atomic E-state index is 13.8. The molecule has 3 fully saturated rings. The summed E-state index contributed by atoms with van der Waals surface area (Å²) in [4.78, 5) is 30.6. The van der Waals surface area contributed by atoms with E-state index in [1.54, 1.807) is 12.1 Å². The molecule has 0 bridgehead atoms. The molecular formula is C27H32ClN3O4. The summed E-state index contributed by atoms with van der Waals surface area (Å²) < 4.78 is 5.14. The number of rotatable bonds is 8. The van der Waals surface area contributed by atoms with E-state index in [9.17, 15) is 14.7 Å². The van der Waals surface area contributed by atoms with Crippen molar-refractivity contribution in [1.82, 2.24) is 15.1 Å². The van der Waals surface area contributed by atoms with E-state index in [1.165, 1.54) is 12.0 Å². The van der Waals surface area contributed by atoms with Gasteiger partial charge in [-0.25, -0.2) is 4.79 Å². The van der Waals surface area contributed by atoms with E-state index in [2.05, 4.69) is 10.2 Å². The molecule has 3 amide bonds. The second-order valence-corrected chi connectivity index (χ2v) is 10.5. The number of amides is 3. The number of aromatic hydroxyl groups is 1. The molecule has 1 atom stereocenters. The van der Waals surface area contributed by atoms with E-state index < -0.39 is 5.54 Å². The van der Waals surface area contributed by atoms with Crippen molar-refractivity contribution >= 4 is 23.5 Å². The molecule has 2 aliphatic heterocycles. The number of nitrogens with zero attached hydrogens (tertiary/aromatic N) is 2. The highest BCUT2D eigenvalue weighted by molar-refractivity contribution is 6.31. The lowest BCUT2D eigenvalue weighted by atomic mass is 9.73. The smallest absolute Gasteiger partial charge is 0.325 e. The average molecular weight is 498 g/mol. The fraction of sp³-hybridized carbons (Fsp3) is 0.481. The van der Waals surface area contributed by atoms with Crippen LogP contribution in [-0.2, 0) is 17.8 Å². The third-order valence-electron chi connectivity index (χ3n) is 7.70. The van der Waals surface area contributed by atoms with Crippen molar-refractivity contribution in [2.45, 2.75) is 44.2 Å². The first-order valence-electron chi connectivity index (χ1n) is 12.4. The van der Waals surface area contributed by atoms with Gasteiger partial charge >= 0.3 is 6.03 Å². The van der Waals surface area contributed by atoms with E-state index in [4.69, 9.17) is 16.3 Å². The van der Waals surface area contributed by atoms with Crippen LogP contribution in [0.1, 0.15) is 36.8 Å². The SMILES string of the molecule is COc1ccc(CN2CCC([C@]3(Cc4ccccc4Cl)NC(=O)N(CC4CC4)C3=O)CC2)cc1O. The van der Waals surface area contributed by atoms with Gasteiger partial charge in [0.1, 0.15) is 5.54 Å². The monoisotopic (exact) mass is 497 g/mol. The predicted octanol–water partition coefficient (Wildman–Crippen LogP) is 4.21. The Kier molecular flexibility index (Phi) is 6.64. The van der Waals surface area contributed by atoms with Crippen molar-refractivity contribution < 1.29 is 19.4 Å². The molecule has 3 aliphatic rings. The number of carbonyl (C=O) groups excluding carboxylic acids is 2. The number of phenolic OH excluding ortho intramolecular Hbond substituents is 1. The largest absolute Gasteiger partial charge is 0.504 e. The molecule has 8 heteroatoms. The quantitative estimate of drug-likeness (QED) is 0.534. The van der Waals surface area contributed by atoms with Crippen molar-refractivity contribution in [2.24, 2.45) is 11.8 Å². The summed E-state index contributed by atoms with van der Waals surface area (Å²) in [6, 6.07) is 12.8. The number of imide groups is 1. The summed E-state index contributed by atoms with van der Waals surface area (Å²) >= 11 is 6.49. The summed E-state index contributed by atoms with van der Waals surface area (Å²) in [7, 11) is 1.53. The number of phenols is 1. The van der Waals surface area contributed by atoms with Crippen LogP contribution in [0.5, 0.6) is 11.5 Å². The van der Waals surface area contributed by atoms with E-state index >= 15 is 0 Å². The van der Waals surface area contributed by atoms with Gasteiger partial charge in [0.15, 0.2) is 11.5 Å². The number of hydrogen-bond acceptors (Lipinski definition) is 5. The standard InChI is InChI=1S/C27H32ClN3O4/c1-35-24-9-8-19(14-23(24)32)16-30-12-10-21(11-13-30)27(15-20-4-2-3-5-22(20)28)25(33)31(26(34)29-27)17-18-6-7-18/h2-5,8-9,14,18,21,32H,6-7,10-13,15-17H2,1H3,(H,29,34)/t27-/m0/s1. The van der Waals surface area contributed by atoms with Crippen molar-refractivity contribution in [1.29, 1.82) is 0 Å². The number of methoxy groups -OCH3 is 1. The summed E-state index contributed by atoms with van der Waals surface area (Å²) in [6.45, 7) is 2.81. The van der Waals surface area contributed by atoms with Gasteiger partial charge < -0.3 is 15.2 Å². The van der Waals surface area contributed by atoms with E-state index in [1.807, 2.05) is 30.3 Å². The predicted molar refractivity (Wildman–Crippen MR) is 134 cm³/mol. The fourth-order valence-electron chi connectivity index (χ4n) is 5.53. The fourth-order valence-corrected chi connectivity index (χ4v) is 5.73. The van der Waals surface area contributed by atoms with Gasteiger partial charge in [0.05, 0.1) is 7.11 Å². The van der Waals surface area contributed by atoms with Crippen LogP contribution in [0.25, 0.3) is 0 Å². The lowest BCUT2D eigenvalue weighted by Crippen LogP contribution is -2.57. The molecule has 5 rings (SSSR count). The second-order valence-electron chi connectivity index (χ2n) is 10.1. The maximum absolute atomic E-state index is 13.8. The molecule has 2 aromatic rings. The van der Waals surface area contributed by atoms with Crippen molar-refractivity contribution in [2.75, 3.05) is 26.7 Å². The second kappa shape index (κ2) is 9.70. The third-order valence-corrected chi connectivity index (χ3v) is 8.07. The van der Waals surface area contributed by atoms with Crippen molar-refractivity contribution in [3.63, 3.8) is 0 Å². The molecule has 2 aromatic carbocycles. The number of likely N-dealkylation sites (tertiary alicyclic amines) is 1. The van der Waals surface area contributed by atoms with Gasteiger partial charge in [-0.15, -0.1) is 0 Å². The van der Waals surface area contributed by atoms with Crippen LogP contribution < -0.4 is 10.1 Å². The summed E-state index contributed by atoms with van der Waals surface area (Å²) in [5, 5.41) is 13.9. The number of carbonyl (C=O) groups is 2. The van der Waals surface area contributed by atoms with Crippen LogP contribution in [0.3, 0.4) is 0 Å². The molecule has 2 saturated heterocycles. The zero-order valence-corrected chi connectivity index (χ0v) is 20.8. The number of benzene rings is 2. The lowest BCUT2D eigenvalue weighted by molar-refractivity contribution is -0.134. The Morgan fingerprint density at radius 2 is 1.86 bits per heavy atom. The molecule has 2 N–H and O–H groups in total. The Morgan fingerprint density at radius 3 is 2.51 bits per heavy atom. The molecule has 186 valence electrons. The topological polar surface area (TPSA) is 82.1 Å². The minimum absolute atomic E-state index is 0.0138. The van der Waals surface area contributed by atoms with Gasteiger partial charge in [0.25, 0.3) is 5.91 Å². The Balaban J connectivity index is 1.33. The molecule has 0 radical (unpaired) electrons. The lowest BCUT2D eigenvalue weighted by Gasteiger charge is -2.41. The number of piperidine rings is 1. The number of halogens is 1. The van der Waals surface area contributed by atoms with Crippen LogP contribution in [-0.4, -0.2) is 59.1 Å². The highest BCUT2D eigenvalue weighted by atomic mass is 35.5. The molecule has 2 heterocycles. The molecule has 7 nitrogen and oxygen atoms in total. The van der Waals surface area contributed by atoms with Gasteiger partial charge in [0.2, 0.25) is 0 Å². The normalized spacial score (nSPS) is 23.5. The van der Waals surface area contributed by atoms with Crippen LogP contribution in [0.4, 0.5) is 4.79 Å². The number of ether oxygens (including phenoxy) is 1. The minimum atomic E-state index is -0.971. The van der Waals surface area contributed by atoms with Crippen LogP contribution in [0.15, 0.2) is 42.5 Å². The molecule has 1 saturated carbocycles. The van der Waals surface area contributed by atoms with Gasteiger partial charge in [-0.1, -0.05) is 35.9 Å². The molecular weight excluding hydrogens is 466 g/mol. The summed E-state index contributed by atoms with van der Waals surface area (Å²) in [5.74, 6) is 0.935. The minimum Gasteiger partial charge on any atom is -0.504 e. The molecule has 35 heavy (non-hydrogen) atoms. The summed E-state index contributed by atoms with van der Waals surface area (Å²) in [5.41, 5.74) is 0.919. The third kappa shape index (κ3) is 4.84. The average Bonchev–Trinajstić information content (AvgIpc) is 3.64. The van der Waals surface area contributed by atoms with E-state index in [-0.39, 0.29) is 23.6 Å². The van der Waals surface area contributed by atoms with Crippen LogP contribution in [0, 0.1) is 11.8 Å². The van der Waals surface area contributed by atoms with E-state index in [0.717, 1.165) is 49.9 Å². The Bertz CT molecular complexity index is 1110. The van der Waals surface area contributed by atoms with E-state index in [0.29, 0.717) is 36.2 Å². The van der Waals surface area contributed by atoms with Crippen LogP contribution >= 0.6 is 11.6 Å². The molecule has 0 aromatic heterocycles. The molecule has 1 aliphatic carbocycles. The summed E-state index contributed by atoms with van der Waals surface area (Å²) in [6.07, 6.45) is 4.13. The highest BCUT2D eigenvalue weighted by Crippen LogP contribution is 2.40. The molecule has 0 unspecified atom stereocenters. The first kappa shape index (κ1) is 23.9. The highest BCUT2D eigenvalue weighted by Gasteiger charge is 2.56. The van der Waals surface area contributed by atoms with Crippen molar-refractivity contribution in [3.05, 3.63) is 58.6 Å². The van der Waals surface area contributed by atoms with Gasteiger partial charge in [0, 0.05) is 24.5 Å². The maximum Gasteiger partial charge on any atom is 0.325 e. The number of hydrogen-bond donors (Lipinski definition) is 2. The van der Waals surface area contributed by atoms with Gasteiger partial charge in [-0.3, -0.25) is 14.6 Å². The van der Waals surface area contributed by atoms with Crippen LogP contribution in [0.2, 0.25) is 5.02 Å². The number of nitrogens with one attached hydrogen (secondary N) is 1. The Labute approximate surface area is 211 Å². The van der Waals surface area contributed by atoms with Gasteiger partial charge in [-0.05, 0) is 79.9 Å². The Hall–Kier alpha value is -2.77. The molecule has 0 spiro atoms. The van der Waals surface area contributed by atoms with Crippen molar-refractivity contribution in [3.8, 4) is 11.5 Å². The number of urea groups is 1. The first-order chi connectivity index (χ1) is 16.9. The Morgan fingerprint density at radius 1 is 1.11 bits per heavy atom. The first-order valence-corrected chi connectivity index (χ1v) is 12.7. The zero-order chi connectivity index (χ0) is 24.6. The van der Waals surface area contributed by atoms with Gasteiger partial charge in [-0.2, -0.15) is 0 Å².